The van der Waals surface area contributed by atoms with Gasteiger partial charge in [-0.2, -0.15) is 0 Å². The average molecular weight is 435 g/mol. The third-order valence-electron chi connectivity index (χ3n) is 5.57. The lowest BCUT2D eigenvalue weighted by Gasteiger charge is -2.18. The molecule has 0 spiro atoms. The highest BCUT2D eigenvalue weighted by Gasteiger charge is 2.25. The normalized spacial score (nSPS) is 11.5. The van der Waals surface area contributed by atoms with Gasteiger partial charge >= 0.3 is 11.9 Å². The lowest BCUT2D eigenvalue weighted by Crippen LogP contribution is -2.15. The Hall–Kier alpha value is -2.88. The van der Waals surface area contributed by atoms with E-state index in [1.54, 1.807) is 0 Å². The van der Waals surface area contributed by atoms with Crippen molar-refractivity contribution in [2.75, 3.05) is 13.2 Å². The van der Waals surface area contributed by atoms with Gasteiger partial charge in [0.15, 0.2) is 0 Å². The summed E-state index contributed by atoms with van der Waals surface area (Å²) in [6.07, 6.45) is 1.66. The molecule has 0 saturated heterocycles. The predicted molar refractivity (Wildman–Crippen MR) is 130 cm³/mol. The first-order chi connectivity index (χ1) is 15.3. The van der Waals surface area contributed by atoms with Gasteiger partial charge in [0.2, 0.25) is 0 Å². The van der Waals surface area contributed by atoms with Crippen LogP contribution < -0.4 is 0 Å². The van der Waals surface area contributed by atoms with Crippen molar-refractivity contribution in [2.24, 2.45) is 11.8 Å². The van der Waals surface area contributed by atoms with Crippen LogP contribution in [0, 0.1) is 11.8 Å². The maximum absolute atomic E-state index is 13.3. The molecule has 0 aliphatic carbocycles. The van der Waals surface area contributed by atoms with Gasteiger partial charge in [-0.3, -0.25) is 0 Å². The van der Waals surface area contributed by atoms with Gasteiger partial charge in [0.25, 0.3) is 0 Å². The fraction of sp³-hybridized carbons (Fsp3) is 0.429. The van der Waals surface area contributed by atoms with E-state index in [0.29, 0.717) is 24.3 Å². The zero-order valence-corrected chi connectivity index (χ0v) is 20.1. The summed E-state index contributed by atoms with van der Waals surface area (Å²) in [7, 11) is 0. The number of esters is 2. The monoisotopic (exact) mass is 434 g/mol. The van der Waals surface area contributed by atoms with Crippen molar-refractivity contribution in [1.29, 1.82) is 0 Å². The minimum absolute atomic E-state index is 0.236. The molecular formula is C28H34O4. The molecule has 0 aromatic heterocycles. The van der Waals surface area contributed by atoms with Crippen LogP contribution >= 0.6 is 0 Å². The number of carbonyl (C=O) groups excluding carboxylic acids is 2. The summed E-state index contributed by atoms with van der Waals surface area (Å²) in [5, 5.41) is 2.94. The van der Waals surface area contributed by atoms with Crippen molar-refractivity contribution in [3.05, 3.63) is 58.7 Å². The SMILES string of the molecule is CCc1ccc2c(C(=O)OCC(C)C)c3cc(CC)ccc3c(C(=O)OCC(C)C)c2c1. The molecule has 0 heterocycles. The Bertz CT molecular complexity index is 1050. The molecular weight excluding hydrogens is 400 g/mol. The Morgan fingerprint density at radius 2 is 1.03 bits per heavy atom. The molecule has 0 fully saturated rings. The summed E-state index contributed by atoms with van der Waals surface area (Å²) < 4.78 is 11.3. The summed E-state index contributed by atoms with van der Waals surface area (Å²) in [6.45, 7) is 12.9. The number of aryl methyl sites for hydroxylation is 2. The van der Waals surface area contributed by atoms with Crippen LogP contribution in [0.2, 0.25) is 0 Å². The van der Waals surface area contributed by atoms with Gasteiger partial charge in [-0.25, -0.2) is 9.59 Å². The molecule has 0 amide bonds. The first-order valence-corrected chi connectivity index (χ1v) is 11.6. The predicted octanol–water partition coefficient (Wildman–Crippen LogP) is 6.74. The number of rotatable bonds is 8. The van der Waals surface area contributed by atoms with E-state index in [9.17, 15) is 9.59 Å². The van der Waals surface area contributed by atoms with Gasteiger partial charge in [-0.15, -0.1) is 0 Å². The Labute approximate surface area is 190 Å². The largest absolute Gasteiger partial charge is 0.462 e. The van der Waals surface area contributed by atoms with E-state index in [-0.39, 0.29) is 23.8 Å². The van der Waals surface area contributed by atoms with Crippen LogP contribution in [0.4, 0.5) is 0 Å². The molecule has 4 heteroatoms. The molecule has 32 heavy (non-hydrogen) atoms. The van der Waals surface area contributed by atoms with Gasteiger partial charge in [0.1, 0.15) is 0 Å². The van der Waals surface area contributed by atoms with Crippen molar-refractivity contribution >= 4 is 33.5 Å². The Morgan fingerprint density at radius 1 is 0.656 bits per heavy atom. The second kappa shape index (κ2) is 10.2. The summed E-state index contributed by atoms with van der Waals surface area (Å²) in [5.41, 5.74) is 3.24. The lowest BCUT2D eigenvalue weighted by atomic mass is 9.89. The first-order valence-electron chi connectivity index (χ1n) is 11.6. The minimum atomic E-state index is -0.353. The van der Waals surface area contributed by atoms with E-state index >= 15 is 0 Å². The van der Waals surface area contributed by atoms with Crippen molar-refractivity contribution in [3.8, 4) is 0 Å². The number of benzene rings is 3. The van der Waals surface area contributed by atoms with Crippen LogP contribution in [-0.4, -0.2) is 25.2 Å². The van der Waals surface area contributed by atoms with Crippen molar-refractivity contribution in [1.82, 2.24) is 0 Å². The van der Waals surface area contributed by atoms with E-state index in [2.05, 4.69) is 13.8 Å². The van der Waals surface area contributed by atoms with Gasteiger partial charge in [0.05, 0.1) is 24.3 Å². The number of carbonyl (C=O) groups is 2. The molecule has 170 valence electrons. The summed E-state index contributed by atoms with van der Waals surface area (Å²) in [5.74, 6) is -0.235. The molecule has 0 aliphatic rings. The zero-order chi connectivity index (χ0) is 23.4. The summed E-state index contributed by atoms with van der Waals surface area (Å²) >= 11 is 0. The van der Waals surface area contributed by atoms with E-state index in [0.717, 1.165) is 45.5 Å². The van der Waals surface area contributed by atoms with Crippen molar-refractivity contribution in [3.63, 3.8) is 0 Å². The maximum Gasteiger partial charge on any atom is 0.339 e. The fourth-order valence-corrected chi connectivity index (χ4v) is 3.83. The maximum atomic E-state index is 13.3. The van der Waals surface area contributed by atoms with Crippen LogP contribution in [0.5, 0.6) is 0 Å². The van der Waals surface area contributed by atoms with E-state index in [4.69, 9.17) is 9.47 Å². The first kappa shape index (κ1) is 23.8. The molecule has 4 nitrogen and oxygen atoms in total. The van der Waals surface area contributed by atoms with Crippen molar-refractivity contribution < 1.29 is 19.1 Å². The quantitative estimate of drug-likeness (QED) is 0.291. The Balaban J connectivity index is 2.37. The van der Waals surface area contributed by atoms with Crippen LogP contribution in [0.3, 0.4) is 0 Å². The van der Waals surface area contributed by atoms with Crippen LogP contribution in [0.25, 0.3) is 21.5 Å². The van der Waals surface area contributed by atoms with Gasteiger partial charge in [-0.1, -0.05) is 77.9 Å². The highest BCUT2D eigenvalue weighted by molar-refractivity contribution is 6.24. The van der Waals surface area contributed by atoms with E-state index in [1.165, 1.54) is 0 Å². The van der Waals surface area contributed by atoms with Gasteiger partial charge in [-0.05, 0) is 57.3 Å². The second-order valence-electron chi connectivity index (χ2n) is 9.20. The second-order valence-corrected chi connectivity index (χ2v) is 9.20. The minimum Gasteiger partial charge on any atom is -0.462 e. The third kappa shape index (κ3) is 4.95. The molecule has 3 aromatic rings. The number of hydrogen-bond donors (Lipinski definition) is 0. The molecule has 3 rings (SSSR count). The summed E-state index contributed by atoms with van der Waals surface area (Å²) in [4.78, 5) is 26.6. The molecule has 0 radical (unpaired) electrons. The highest BCUT2D eigenvalue weighted by Crippen LogP contribution is 2.35. The number of fused-ring (bicyclic) bond motifs is 2. The summed E-state index contributed by atoms with van der Waals surface area (Å²) in [6, 6.07) is 11.9. The van der Waals surface area contributed by atoms with Crippen molar-refractivity contribution in [2.45, 2.75) is 54.4 Å². The zero-order valence-electron chi connectivity index (χ0n) is 20.1. The molecule has 0 aliphatic heterocycles. The highest BCUT2D eigenvalue weighted by atomic mass is 16.5. The number of ether oxygens (including phenoxy) is 2. The molecule has 0 saturated carbocycles. The molecule has 0 bridgehead atoms. The Morgan fingerprint density at radius 3 is 1.34 bits per heavy atom. The van der Waals surface area contributed by atoms with Crippen LogP contribution in [0.15, 0.2) is 36.4 Å². The number of hydrogen-bond acceptors (Lipinski definition) is 4. The molecule has 0 atom stereocenters. The lowest BCUT2D eigenvalue weighted by molar-refractivity contribution is 0.0452. The topological polar surface area (TPSA) is 52.6 Å². The standard InChI is InChI=1S/C28H34O4/c1-7-19-9-11-21-23(13-19)25(27(29)31-15-17(3)4)22-12-10-20(8-2)14-24(22)26(21)28(30)32-16-18(5)6/h9-14,17-18H,7-8,15-16H2,1-6H3. The molecule has 0 unspecified atom stereocenters. The van der Waals surface area contributed by atoms with Crippen LogP contribution in [-0.2, 0) is 22.3 Å². The van der Waals surface area contributed by atoms with Gasteiger partial charge in [0, 0.05) is 0 Å². The Kier molecular flexibility index (Phi) is 7.55. The molecule has 3 aromatic carbocycles. The van der Waals surface area contributed by atoms with Gasteiger partial charge < -0.3 is 9.47 Å². The van der Waals surface area contributed by atoms with Crippen LogP contribution in [0.1, 0.15) is 73.4 Å². The average Bonchev–Trinajstić information content (AvgIpc) is 2.78. The van der Waals surface area contributed by atoms with E-state index in [1.807, 2.05) is 64.1 Å². The fourth-order valence-electron chi connectivity index (χ4n) is 3.83. The van der Waals surface area contributed by atoms with E-state index < -0.39 is 0 Å². The molecule has 0 N–H and O–H groups in total. The smallest absolute Gasteiger partial charge is 0.339 e. The third-order valence-corrected chi connectivity index (χ3v) is 5.57.